The molecule has 0 N–H and O–H groups in total. The largest absolute Gasteiger partial charge is 0.391 e. The maximum atomic E-state index is 13.2. The molecule has 0 aliphatic heterocycles. The van der Waals surface area contributed by atoms with Crippen LogP contribution >= 0.6 is 0 Å². The van der Waals surface area contributed by atoms with Crippen molar-refractivity contribution in [3.8, 4) is 0 Å². The average molecular weight is 357 g/mol. The predicted octanol–water partition coefficient (Wildman–Crippen LogP) is 7.23. The summed E-state index contributed by atoms with van der Waals surface area (Å²) < 4.78 is 39.5. The zero-order valence-electron chi connectivity index (χ0n) is 16.0. The van der Waals surface area contributed by atoms with Gasteiger partial charge in [0.05, 0.1) is 5.92 Å². The average Bonchev–Trinajstić information content (AvgIpc) is 2.90. The van der Waals surface area contributed by atoms with Crippen molar-refractivity contribution in [2.24, 2.45) is 46.8 Å². The minimum absolute atomic E-state index is 0.360. The third-order valence-electron chi connectivity index (χ3n) is 9.25. The molecule has 0 spiro atoms. The summed E-state index contributed by atoms with van der Waals surface area (Å²) in [6, 6.07) is 0. The van der Waals surface area contributed by atoms with E-state index in [0.717, 1.165) is 36.5 Å². The summed E-state index contributed by atoms with van der Waals surface area (Å²) in [7, 11) is 0. The van der Waals surface area contributed by atoms with Crippen LogP contribution in [-0.2, 0) is 0 Å². The van der Waals surface area contributed by atoms with Gasteiger partial charge in [-0.3, -0.25) is 0 Å². The number of hydrogen-bond donors (Lipinski definition) is 0. The Kier molecular flexibility index (Phi) is 4.68. The van der Waals surface area contributed by atoms with Crippen LogP contribution in [0.1, 0.15) is 84.5 Å². The molecular formula is C22H35F3. The lowest BCUT2D eigenvalue weighted by atomic mass is 9.49. The van der Waals surface area contributed by atoms with Gasteiger partial charge in [-0.25, -0.2) is 0 Å². The van der Waals surface area contributed by atoms with Gasteiger partial charge in [-0.15, -0.1) is 0 Å². The number of fused-ring (bicyclic) bond motifs is 5. The molecule has 0 aromatic heterocycles. The van der Waals surface area contributed by atoms with Crippen molar-refractivity contribution in [3.63, 3.8) is 0 Å². The second kappa shape index (κ2) is 6.44. The van der Waals surface area contributed by atoms with Crippen molar-refractivity contribution < 1.29 is 13.2 Å². The number of alkyl halides is 3. The van der Waals surface area contributed by atoms with Crippen LogP contribution in [0.3, 0.4) is 0 Å². The summed E-state index contributed by atoms with van der Waals surface area (Å²) in [5, 5.41) is 0. The van der Waals surface area contributed by atoms with Crippen molar-refractivity contribution in [2.45, 2.75) is 90.7 Å². The minimum Gasteiger partial charge on any atom is -0.171 e. The standard InChI is InChI=1S/C22H35F3/c1-3-4-15-7-10-20-19-8-5-14-13-16(22(23,24)25)6-9-17(14)18(19)11-12-21(15,20)2/h14-20H,3-13H2,1-2H3. The molecule has 25 heavy (non-hydrogen) atoms. The zero-order valence-corrected chi connectivity index (χ0v) is 16.0. The predicted molar refractivity (Wildman–Crippen MR) is 95.1 cm³/mol. The van der Waals surface area contributed by atoms with Crippen molar-refractivity contribution in [2.75, 3.05) is 0 Å². The molecule has 8 unspecified atom stereocenters. The minimum atomic E-state index is -3.97. The molecule has 3 heteroatoms. The molecule has 0 heterocycles. The Bertz CT molecular complexity index is 484. The Labute approximate surface area is 151 Å². The van der Waals surface area contributed by atoms with Gasteiger partial charge in [0.2, 0.25) is 0 Å². The first-order chi connectivity index (χ1) is 11.8. The lowest BCUT2D eigenvalue weighted by molar-refractivity contribution is -0.196. The smallest absolute Gasteiger partial charge is 0.171 e. The first kappa shape index (κ1) is 18.2. The summed E-state index contributed by atoms with van der Waals surface area (Å²) in [4.78, 5) is 0. The molecule has 0 aromatic carbocycles. The van der Waals surface area contributed by atoms with Crippen LogP contribution in [-0.4, -0.2) is 6.18 Å². The number of halogens is 3. The molecule has 0 amide bonds. The Morgan fingerprint density at radius 2 is 1.64 bits per heavy atom. The van der Waals surface area contributed by atoms with E-state index in [1.54, 1.807) is 0 Å². The van der Waals surface area contributed by atoms with E-state index in [2.05, 4.69) is 13.8 Å². The van der Waals surface area contributed by atoms with Gasteiger partial charge in [-0.2, -0.15) is 13.2 Å². The van der Waals surface area contributed by atoms with E-state index in [-0.39, 0.29) is 0 Å². The van der Waals surface area contributed by atoms with Crippen LogP contribution in [0.5, 0.6) is 0 Å². The lowest BCUT2D eigenvalue weighted by Crippen LogP contribution is -2.49. The Morgan fingerprint density at radius 3 is 2.36 bits per heavy atom. The molecule has 144 valence electrons. The zero-order chi connectivity index (χ0) is 17.8. The van der Waals surface area contributed by atoms with Gasteiger partial charge in [-0.05, 0) is 98.7 Å². The van der Waals surface area contributed by atoms with Gasteiger partial charge in [-0.1, -0.05) is 26.7 Å². The highest BCUT2D eigenvalue weighted by molar-refractivity contribution is 5.06. The molecule has 4 rings (SSSR count). The fourth-order valence-electron chi connectivity index (χ4n) is 8.08. The first-order valence-electron chi connectivity index (χ1n) is 10.9. The molecule has 0 bridgehead atoms. The second-order valence-corrected chi connectivity index (χ2v) is 10.1. The maximum absolute atomic E-state index is 13.2. The third-order valence-corrected chi connectivity index (χ3v) is 9.25. The summed E-state index contributed by atoms with van der Waals surface area (Å²) in [6.07, 6.45) is 8.11. The van der Waals surface area contributed by atoms with Gasteiger partial charge < -0.3 is 0 Å². The quantitative estimate of drug-likeness (QED) is 0.489. The molecule has 0 aromatic rings. The molecular weight excluding hydrogens is 321 g/mol. The summed E-state index contributed by atoms with van der Waals surface area (Å²) >= 11 is 0. The van der Waals surface area contributed by atoms with Gasteiger partial charge in [0.25, 0.3) is 0 Å². The molecule has 0 saturated heterocycles. The number of hydrogen-bond acceptors (Lipinski definition) is 0. The highest BCUT2D eigenvalue weighted by Gasteiger charge is 2.57. The van der Waals surface area contributed by atoms with Crippen LogP contribution in [0.25, 0.3) is 0 Å². The Balaban J connectivity index is 1.48. The van der Waals surface area contributed by atoms with E-state index in [1.807, 2.05) is 0 Å². The topological polar surface area (TPSA) is 0 Å². The fraction of sp³-hybridized carbons (Fsp3) is 1.00. The van der Waals surface area contributed by atoms with Gasteiger partial charge in [0.15, 0.2) is 0 Å². The molecule has 4 saturated carbocycles. The van der Waals surface area contributed by atoms with E-state index >= 15 is 0 Å². The molecule has 0 radical (unpaired) electrons. The van der Waals surface area contributed by atoms with Gasteiger partial charge in [0.1, 0.15) is 0 Å². The molecule has 4 aliphatic rings. The van der Waals surface area contributed by atoms with Crippen molar-refractivity contribution in [1.82, 2.24) is 0 Å². The van der Waals surface area contributed by atoms with Gasteiger partial charge >= 0.3 is 6.18 Å². The second-order valence-electron chi connectivity index (χ2n) is 10.1. The molecule has 0 nitrogen and oxygen atoms in total. The van der Waals surface area contributed by atoms with Crippen molar-refractivity contribution in [1.29, 1.82) is 0 Å². The van der Waals surface area contributed by atoms with E-state index in [9.17, 15) is 13.2 Å². The van der Waals surface area contributed by atoms with Crippen molar-refractivity contribution >= 4 is 0 Å². The van der Waals surface area contributed by atoms with E-state index in [4.69, 9.17) is 0 Å². The maximum Gasteiger partial charge on any atom is 0.391 e. The SMILES string of the molecule is CCCC1CCC2C3CCC4CC(C(F)(F)F)CCC4C3CCC12C. The fourth-order valence-corrected chi connectivity index (χ4v) is 8.08. The Morgan fingerprint density at radius 1 is 0.880 bits per heavy atom. The monoisotopic (exact) mass is 356 g/mol. The third kappa shape index (κ3) is 2.96. The van der Waals surface area contributed by atoms with E-state index in [1.165, 1.54) is 44.9 Å². The Hall–Kier alpha value is -0.210. The van der Waals surface area contributed by atoms with E-state index in [0.29, 0.717) is 30.1 Å². The summed E-state index contributed by atoms with van der Waals surface area (Å²) in [5.74, 6) is 3.28. The van der Waals surface area contributed by atoms with Crippen LogP contribution in [0.4, 0.5) is 13.2 Å². The summed E-state index contributed by atoms with van der Waals surface area (Å²) in [6.45, 7) is 4.88. The molecule has 4 fully saturated rings. The van der Waals surface area contributed by atoms with Crippen LogP contribution < -0.4 is 0 Å². The van der Waals surface area contributed by atoms with E-state index < -0.39 is 12.1 Å². The highest BCUT2D eigenvalue weighted by Crippen LogP contribution is 2.65. The van der Waals surface area contributed by atoms with Gasteiger partial charge in [0, 0.05) is 0 Å². The lowest BCUT2D eigenvalue weighted by Gasteiger charge is -2.56. The van der Waals surface area contributed by atoms with Crippen LogP contribution in [0, 0.1) is 46.8 Å². The highest BCUT2D eigenvalue weighted by atomic mass is 19.4. The molecule has 4 aliphatic carbocycles. The molecule has 8 atom stereocenters. The van der Waals surface area contributed by atoms with Crippen LogP contribution in [0.15, 0.2) is 0 Å². The van der Waals surface area contributed by atoms with Crippen molar-refractivity contribution in [3.05, 3.63) is 0 Å². The number of rotatable bonds is 2. The first-order valence-corrected chi connectivity index (χ1v) is 10.9. The van der Waals surface area contributed by atoms with Crippen LogP contribution in [0.2, 0.25) is 0 Å². The normalized spacial score (nSPS) is 50.0. The summed E-state index contributed by atoms with van der Waals surface area (Å²) in [5.41, 5.74) is 0.535.